The van der Waals surface area contributed by atoms with E-state index >= 15 is 0 Å². The quantitative estimate of drug-likeness (QED) is 0.832. The zero-order valence-corrected chi connectivity index (χ0v) is 11.3. The highest BCUT2D eigenvalue weighted by molar-refractivity contribution is 7.12. The topological polar surface area (TPSA) is 35.0 Å². The summed E-state index contributed by atoms with van der Waals surface area (Å²) in [5, 5.41) is 3.48. The Hall–Kier alpha value is -1.13. The first-order valence-electron chi connectivity index (χ1n) is 5.43. The van der Waals surface area contributed by atoms with Crippen molar-refractivity contribution in [1.29, 1.82) is 0 Å². The van der Waals surface area contributed by atoms with Crippen molar-refractivity contribution in [2.24, 2.45) is 0 Å². The molecular formula is C12H13ClN2OS. The van der Waals surface area contributed by atoms with Crippen LogP contribution in [0.25, 0.3) is 0 Å². The second kappa shape index (κ2) is 5.47. The Labute approximate surface area is 109 Å². The third-order valence-electron chi connectivity index (χ3n) is 2.35. The molecule has 2 aromatic rings. The average molecular weight is 269 g/mol. The number of nitrogens with zero attached hydrogens (tertiary/aromatic N) is 2. The molecule has 0 aliphatic rings. The Bertz CT molecular complexity index is 496. The molecule has 0 saturated heterocycles. The fourth-order valence-corrected chi connectivity index (χ4v) is 2.57. The fraction of sp³-hybridized carbons (Fsp3) is 0.333. The van der Waals surface area contributed by atoms with Crippen molar-refractivity contribution < 1.29 is 4.74 Å². The molecule has 90 valence electrons. The predicted molar refractivity (Wildman–Crippen MR) is 70.2 cm³/mol. The van der Waals surface area contributed by atoms with Crippen LogP contribution in [0, 0.1) is 6.92 Å². The molecule has 0 atom stereocenters. The summed E-state index contributed by atoms with van der Waals surface area (Å²) in [4.78, 5) is 8.05. The number of aromatic nitrogens is 2. The van der Waals surface area contributed by atoms with Gasteiger partial charge in [-0.2, -0.15) is 0 Å². The number of halogens is 1. The summed E-state index contributed by atoms with van der Waals surface area (Å²) in [5.74, 6) is 0. The van der Waals surface area contributed by atoms with Gasteiger partial charge in [0.1, 0.15) is 0 Å². The van der Waals surface area contributed by atoms with E-state index in [0.717, 1.165) is 17.9 Å². The highest BCUT2D eigenvalue weighted by Crippen LogP contribution is 2.33. The average Bonchev–Trinajstić information content (AvgIpc) is 2.65. The number of hydrogen-bond donors (Lipinski definition) is 0. The molecule has 2 aromatic heterocycles. The maximum atomic E-state index is 5.72. The molecule has 0 unspecified atom stereocenters. The van der Waals surface area contributed by atoms with E-state index in [-0.39, 0.29) is 0 Å². The second-order valence-electron chi connectivity index (χ2n) is 3.72. The zero-order valence-electron chi connectivity index (χ0n) is 9.74. The fourth-order valence-electron chi connectivity index (χ4n) is 1.52. The number of hydrogen-bond acceptors (Lipinski definition) is 4. The van der Waals surface area contributed by atoms with E-state index in [0.29, 0.717) is 11.0 Å². The van der Waals surface area contributed by atoms with Gasteiger partial charge in [0.25, 0.3) is 0 Å². The van der Waals surface area contributed by atoms with Crippen LogP contribution in [-0.4, -0.2) is 9.97 Å². The molecule has 0 aromatic carbocycles. The van der Waals surface area contributed by atoms with E-state index < -0.39 is 0 Å². The Morgan fingerprint density at radius 1 is 1.35 bits per heavy atom. The van der Waals surface area contributed by atoms with Gasteiger partial charge in [-0.1, -0.05) is 24.9 Å². The first kappa shape index (κ1) is 12.3. The van der Waals surface area contributed by atoms with Gasteiger partial charge >= 0.3 is 6.01 Å². The molecule has 0 saturated carbocycles. The van der Waals surface area contributed by atoms with Crippen molar-refractivity contribution >= 4 is 22.9 Å². The van der Waals surface area contributed by atoms with Crippen LogP contribution in [-0.2, 0) is 6.42 Å². The molecule has 0 radical (unpaired) electrons. The third-order valence-corrected chi connectivity index (χ3v) is 3.56. The van der Waals surface area contributed by atoms with E-state index in [1.807, 2.05) is 0 Å². The first-order valence-corrected chi connectivity index (χ1v) is 6.68. The zero-order chi connectivity index (χ0) is 12.3. The molecule has 2 heterocycles. The van der Waals surface area contributed by atoms with Crippen LogP contribution in [0.3, 0.4) is 0 Å². The van der Waals surface area contributed by atoms with Gasteiger partial charge in [0, 0.05) is 5.56 Å². The normalized spacial score (nSPS) is 10.5. The van der Waals surface area contributed by atoms with Crippen LogP contribution in [0.5, 0.6) is 11.1 Å². The lowest BCUT2D eigenvalue weighted by molar-refractivity contribution is 0.448. The number of rotatable bonds is 4. The Kier molecular flexibility index (Phi) is 3.97. The molecule has 17 heavy (non-hydrogen) atoms. The molecule has 5 heteroatoms. The van der Waals surface area contributed by atoms with Gasteiger partial charge in [-0.15, -0.1) is 11.3 Å². The molecule has 0 spiro atoms. The third kappa shape index (κ3) is 2.96. The lowest BCUT2D eigenvalue weighted by Gasteiger charge is -2.04. The molecule has 0 amide bonds. The van der Waals surface area contributed by atoms with E-state index in [2.05, 4.69) is 29.2 Å². The molecule has 3 nitrogen and oxygen atoms in total. The van der Waals surface area contributed by atoms with Gasteiger partial charge in [0.15, 0.2) is 5.06 Å². The molecular weight excluding hydrogens is 256 g/mol. The van der Waals surface area contributed by atoms with Crippen molar-refractivity contribution in [2.75, 3.05) is 0 Å². The minimum Gasteiger partial charge on any atom is -0.413 e. The van der Waals surface area contributed by atoms with Crippen molar-refractivity contribution in [2.45, 2.75) is 26.7 Å². The number of thiophene rings is 1. The molecule has 2 rings (SSSR count). The van der Waals surface area contributed by atoms with Crippen molar-refractivity contribution in [3.63, 3.8) is 0 Å². The highest BCUT2D eigenvalue weighted by Gasteiger charge is 2.11. The predicted octanol–water partition coefficient (Wildman–Crippen LogP) is 4.24. The summed E-state index contributed by atoms with van der Waals surface area (Å²) in [6.45, 7) is 4.25. The van der Waals surface area contributed by atoms with Crippen LogP contribution >= 0.6 is 22.9 Å². The number of ether oxygens (including phenoxy) is 1. The van der Waals surface area contributed by atoms with Crippen LogP contribution in [0.15, 0.2) is 17.8 Å². The Balaban J connectivity index is 2.20. The molecule has 0 aliphatic carbocycles. The van der Waals surface area contributed by atoms with E-state index in [1.165, 1.54) is 23.5 Å². The van der Waals surface area contributed by atoms with Crippen LogP contribution in [0.1, 0.15) is 24.5 Å². The molecule has 0 N–H and O–H groups in total. The summed E-state index contributed by atoms with van der Waals surface area (Å²) in [6.07, 6.45) is 5.17. The van der Waals surface area contributed by atoms with Crippen LogP contribution in [0.2, 0.25) is 5.02 Å². The van der Waals surface area contributed by atoms with E-state index in [4.69, 9.17) is 16.3 Å². The van der Waals surface area contributed by atoms with E-state index in [1.54, 1.807) is 11.3 Å². The van der Waals surface area contributed by atoms with Gasteiger partial charge in [-0.05, 0) is 24.3 Å². The van der Waals surface area contributed by atoms with Crippen LogP contribution in [0.4, 0.5) is 0 Å². The smallest absolute Gasteiger partial charge is 0.322 e. The largest absolute Gasteiger partial charge is 0.413 e. The molecule has 0 bridgehead atoms. The lowest BCUT2D eigenvalue weighted by atomic mass is 10.1. The maximum Gasteiger partial charge on any atom is 0.322 e. The van der Waals surface area contributed by atoms with Crippen molar-refractivity contribution in [3.05, 3.63) is 33.9 Å². The summed E-state index contributed by atoms with van der Waals surface area (Å²) >= 11 is 7.30. The SMILES string of the molecule is CCCc1c(C)csc1Oc1ncc(Cl)cn1. The van der Waals surface area contributed by atoms with Crippen LogP contribution < -0.4 is 4.74 Å². The minimum absolute atomic E-state index is 0.341. The lowest BCUT2D eigenvalue weighted by Crippen LogP contribution is -1.93. The van der Waals surface area contributed by atoms with Crippen molar-refractivity contribution in [3.8, 4) is 11.1 Å². The Morgan fingerprint density at radius 2 is 2.06 bits per heavy atom. The highest BCUT2D eigenvalue weighted by atomic mass is 35.5. The Morgan fingerprint density at radius 3 is 2.71 bits per heavy atom. The summed E-state index contributed by atoms with van der Waals surface area (Å²) in [6, 6.07) is 0.341. The summed E-state index contributed by atoms with van der Waals surface area (Å²) < 4.78 is 5.68. The number of aryl methyl sites for hydroxylation is 1. The summed E-state index contributed by atoms with van der Waals surface area (Å²) in [7, 11) is 0. The summed E-state index contributed by atoms with van der Waals surface area (Å²) in [5.41, 5.74) is 2.51. The van der Waals surface area contributed by atoms with Gasteiger partial charge < -0.3 is 4.74 Å². The second-order valence-corrected chi connectivity index (χ2v) is 5.00. The van der Waals surface area contributed by atoms with Gasteiger partial charge in [0.2, 0.25) is 0 Å². The van der Waals surface area contributed by atoms with E-state index in [9.17, 15) is 0 Å². The van der Waals surface area contributed by atoms with Crippen molar-refractivity contribution in [1.82, 2.24) is 9.97 Å². The molecule has 0 fully saturated rings. The molecule has 0 aliphatic heterocycles. The maximum absolute atomic E-state index is 5.72. The first-order chi connectivity index (χ1) is 8.20. The minimum atomic E-state index is 0.341. The van der Waals surface area contributed by atoms with Gasteiger partial charge in [-0.3, -0.25) is 0 Å². The standard InChI is InChI=1S/C12H13ClN2OS/c1-3-4-10-8(2)7-17-11(10)16-12-14-5-9(13)6-15-12/h5-7H,3-4H2,1-2H3. The monoisotopic (exact) mass is 268 g/mol. The van der Waals surface area contributed by atoms with Gasteiger partial charge in [-0.25, -0.2) is 9.97 Å². The van der Waals surface area contributed by atoms with Gasteiger partial charge in [0.05, 0.1) is 17.4 Å².